The zero-order chi connectivity index (χ0) is 14.8. The van der Waals surface area contributed by atoms with E-state index in [2.05, 4.69) is 18.9 Å². The monoisotopic (exact) mass is 280 g/mol. The summed E-state index contributed by atoms with van der Waals surface area (Å²) in [5.41, 5.74) is 0.0892. The van der Waals surface area contributed by atoms with E-state index in [4.69, 9.17) is 4.74 Å². The molecule has 0 radical (unpaired) electrons. The highest BCUT2D eigenvalue weighted by Crippen LogP contribution is 2.44. The predicted octanol–water partition coefficient (Wildman–Crippen LogP) is 3.34. The summed E-state index contributed by atoms with van der Waals surface area (Å²) in [6.45, 7) is 7.32. The van der Waals surface area contributed by atoms with Crippen molar-refractivity contribution in [3.05, 3.63) is 11.9 Å². The number of aromatic nitrogens is 2. The number of hydrogen-bond donors (Lipinski definition) is 1. The van der Waals surface area contributed by atoms with Crippen LogP contribution in [0.25, 0.3) is 0 Å². The molecule has 0 aromatic carbocycles. The molecular weight excluding hydrogens is 252 g/mol. The van der Waals surface area contributed by atoms with Crippen LogP contribution in [0.5, 0.6) is 5.75 Å². The molecule has 0 bridgehead atoms. The molecule has 1 heterocycles. The molecule has 2 rings (SSSR count). The second-order valence-corrected chi connectivity index (χ2v) is 6.50. The minimum absolute atomic E-state index is 0.596. The molecule has 1 saturated carbocycles. The van der Waals surface area contributed by atoms with Crippen LogP contribution in [0.4, 0.5) is 0 Å². The van der Waals surface area contributed by atoms with Crippen molar-refractivity contribution < 1.29 is 9.84 Å². The van der Waals surface area contributed by atoms with Crippen LogP contribution in [0.15, 0.2) is 6.20 Å². The van der Waals surface area contributed by atoms with Crippen LogP contribution in [0.3, 0.4) is 0 Å². The summed E-state index contributed by atoms with van der Waals surface area (Å²) in [7, 11) is 1.65. The number of aliphatic hydroxyl groups is 1. The molecule has 4 heteroatoms. The Morgan fingerprint density at radius 3 is 2.90 bits per heavy atom. The zero-order valence-electron chi connectivity index (χ0n) is 13.2. The lowest BCUT2D eigenvalue weighted by molar-refractivity contribution is -0.0331. The summed E-state index contributed by atoms with van der Waals surface area (Å²) in [5.74, 6) is 2.00. The third-order valence-electron chi connectivity index (χ3n) is 4.40. The summed E-state index contributed by atoms with van der Waals surface area (Å²) in [6, 6.07) is 0. The Hall–Kier alpha value is -1.03. The van der Waals surface area contributed by atoms with Gasteiger partial charge < -0.3 is 9.84 Å². The second-order valence-electron chi connectivity index (χ2n) is 6.50. The quantitative estimate of drug-likeness (QED) is 0.900. The van der Waals surface area contributed by atoms with E-state index in [9.17, 15) is 5.11 Å². The van der Waals surface area contributed by atoms with Crippen LogP contribution in [0, 0.1) is 11.8 Å². The van der Waals surface area contributed by atoms with Crippen molar-refractivity contribution in [3.8, 4) is 5.75 Å². The van der Waals surface area contributed by atoms with Crippen LogP contribution < -0.4 is 4.74 Å². The number of nitrogens with zero attached hydrogens (tertiary/aromatic N) is 2. The summed E-state index contributed by atoms with van der Waals surface area (Å²) in [5, 5.41) is 15.5. The van der Waals surface area contributed by atoms with Gasteiger partial charge >= 0.3 is 0 Å². The maximum atomic E-state index is 11.2. The average molecular weight is 280 g/mol. The van der Waals surface area contributed by atoms with Crippen LogP contribution in [-0.2, 0) is 12.1 Å². The van der Waals surface area contributed by atoms with Gasteiger partial charge in [-0.2, -0.15) is 5.10 Å². The SMILES string of the molecule is CCn1ncc(OC)c1C1(O)CCCC(CC(C)C)C1. The van der Waals surface area contributed by atoms with E-state index in [1.54, 1.807) is 13.3 Å². The summed E-state index contributed by atoms with van der Waals surface area (Å²) in [4.78, 5) is 0. The number of aryl methyl sites for hydroxylation is 1. The van der Waals surface area contributed by atoms with Gasteiger partial charge in [0.15, 0.2) is 5.75 Å². The Labute approximate surface area is 122 Å². The van der Waals surface area contributed by atoms with E-state index < -0.39 is 5.60 Å². The first-order valence-electron chi connectivity index (χ1n) is 7.82. The molecule has 0 saturated heterocycles. The first-order valence-corrected chi connectivity index (χ1v) is 7.82. The van der Waals surface area contributed by atoms with Crippen LogP contribution in [0.2, 0.25) is 0 Å². The summed E-state index contributed by atoms with van der Waals surface area (Å²) < 4.78 is 7.30. The van der Waals surface area contributed by atoms with Gasteiger partial charge in [-0.25, -0.2) is 0 Å². The molecule has 1 fully saturated rings. The molecule has 4 nitrogen and oxygen atoms in total. The largest absolute Gasteiger partial charge is 0.493 e. The first kappa shape index (κ1) is 15.4. The zero-order valence-corrected chi connectivity index (χ0v) is 13.2. The van der Waals surface area contributed by atoms with Gasteiger partial charge in [0.1, 0.15) is 11.3 Å². The molecule has 0 amide bonds. The number of hydrogen-bond acceptors (Lipinski definition) is 3. The third kappa shape index (κ3) is 3.00. The van der Waals surface area contributed by atoms with E-state index in [-0.39, 0.29) is 0 Å². The van der Waals surface area contributed by atoms with Gasteiger partial charge in [0.25, 0.3) is 0 Å². The smallest absolute Gasteiger partial charge is 0.162 e. The Morgan fingerprint density at radius 1 is 1.55 bits per heavy atom. The van der Waals surface area contributed by atoms with E-state index >= 15 is 0 Å². The minimum atomic E-state index is -0.782. The first-order chi connectivity index (χ1) is 9.50. The molecule has 1 aromatic heterocycles. The predicted molar refractivity (Wildman–Crippen MR) is 79.8 cm³/mol. The topological polar surface area (TPSA) is 47.3 Å². The lowest BCUT2D eigenvalue weighted by Crippen LogP contribution is -2.35. The Morgan fingerprint density at radius 2 is 2.30 bits per heavy atom. The molecule has 1 aliphatic carbocycles. The summed E-state index contributed by atoms with van der Waals surface area (Å²) in [6.07, 6.45) is 6.85. The lowest BCUT2D eigenvalue weighted by Gasteiger charge is -2.38. The van der Waals surface area contributed by atoms with E-state index in [1.165, 1.54) is 12.8 Å². The van der Waals surface area contributed by atoms with Crippen LogP contribution in [0.1, 0.15) is 58.6 Å². The van der Waals surface area contributed by atoms with Gasteiger partial charge in [0.05, 0.1) is 13.3 Å². The molecule has 1 aliphatic rings. The second kappa shape index (κ2) is 6.17. The number of rotatable bonds is 5. The molecule has 114 valence electrons. The highest BCUT2D eigenvalue weighted by molar-refractivity contribution is 5.31. The Kier molecular flexibility index (Phi) is 4.74. The Bertz CT molecular complexity index is 420. The number of methoxy groups -OCH3 is 1. The van der Waals surface area contributed by atoms with Crippen molar-refractivity contribution in [2.75, 3.05) is 7.11 Å². The van der Waals surface area contributed by atoms with Gasteiger partial charge in [-0.3, -0.25) is 4.68 Å². The fourth-order valence-corrected chi connectivity index (χ4v) is 3.67. The van der Waals surface area contributed by atoms with E-state index in [0.717, 1.165) is 37.3 Å². The molecule has 1 N–H and O–H groups in total. The minimum Gasteiger partial charge on any atom is -0.493 e. The molecule has 1 aromatic rings. The van der Waals surface area contributed by atoms with E-state index in [1.807, 2.05) is 11.6 Å². The lowest BCUT2D eigenvalue weighted by atomic mass is 9.73. The van der Waals surface area contributed by atoms with Crippen molar-refractivity contribution in [2.24, 2.45) is 11.8 Å². The molecule has 2 unspecified atom stereocenters. The fourth-order valence-electron chi connectivity index (χ4n) is 3.67. The molecular formula is C16H28N2O2. The van der Waals surface area contributed by atoms with Crippen molar-refractivity contribution in [1.29, 1.82) is 0 Å². The maximum absolute atomic E-state index is 11.2. The van der Waals surface area contributed by atoms with Crippen molar-refractivity contribution >= 4 is 0 Å². The highest BCUT2D eigenvalue weighted by Gasteiger charge is 2.40. The standard InChI is InChI=1S/C16H28N2O2/c1-5-18-15(14(20-4)11-17-18)16(19)8-6-7-13(10-16)9-12(2)3/h11-13,19H,5-10H2,1-4H3. The Balaban J connectivity index is 2.27. The normalized spacial score (nSPS) is 27.0. The van der Waals surface area contributed by atoms with Gasteiger partial charge in [-0.15, -0.1) is 0 Å². The van der Waals surface area contributed by atoms with Crippen molar-refractivity contribution in [2.45, 2.75) is 65.0 Å². The van der Waals surface area contributed by atoms with Crippen LogP contribution >= 0.6 is 0 Å². The maximum Gasteiger partial charge on any atom is 0.162 e. The molecule has 0 aliphatic heterocycles. The van der Waals surface area contributed by atoms with Gasteiger partial charge in [0, 0.05) is 6.54 Å². The molecule has 0 spiro atoms. The molecule has 20 heavy (non-hydrogen) atoms. The average Bonchev–Trinajstić information content (AvgIpc) is 2.81. The highest BCUT2D eigenvalue weighted by atomic mass is 16.5. The molecule has 2 atom stereocenters. The third-order valence-corrected chi connectivity index (χ3v) is 4.40. The van der Waals surface area contributed by atoms with Gasteiger partial charge in [-0.1, -0.05) is 20.3 Å². The number of ether oxygens (including phenoxy) is 1. The van der Waals surface area contributed by atoms with Crippen molar-refractivity contribution in [1.82, 2.24) is 9.78 Å². The van der Waals surface area contributed by atoms with Gasteiger partial charge in [0.2, 0.25) is 0 Å². The van der Waals surface area contributed by atoms with Gasteiger partial charge in [-0.05, 0) is 44.4 Å². The van der Waals surface area contributed by atoms with Crippen molar-refractivity contribution in [3.63, 3.8) is 0 Å². The fraction of sp³-hybridized carbons (Fsp3) is 0.812. The van der Waals surface area contributed by atoms with Crippen LogP contribution in [-0.4, -0.2) is 22.0 Å². The van der Waals surface area contributed by atoms with E-state index in [0.29, 0.717) is 11.8 Å². The summed E-state index contributed by atoms with van der Waals surface area (Å²) >= 11 is 0.